The second-order valence-corrected chi connectivity index (χ2v) is 7.87. The Morgan fingerprint density at radius 3 is 2.27 bits per heavy atom. The van der Waals surface area contributed by atoms with Gasteiger partial charge >= 0.3 is 0 Å². The van der Waals surface area contributed by atoms with Crippen LogP contribution in [0.15, 0.2) is 48.5 Å². The first-order valence-corrected chi connectivity index (χ1v) is 10.9. The van der Waals surface area contributed by atoms with E-state index in [0.29, 0.717) is 35.9 Å². The Hall–Kier alpha value is -2.57. The monoisotopic (exact) mass is 429 g/mol. The smallest absolute Gasteiger partial charge is 0.279 e. The first-order valence-electron chi connectivity index (χ1n) is 10.5. The Labute approximate surface area is 183 Å². The molecule has 0 bridgehead atoms. The highest BCUT2D eigenvalue weighted by molar-refractivity contribution is 6.33. The molecule has 1 fully saturated rings. The van der Waals surface area contributed by atoms with Gasteiger partial charge in [-0.2, -0.15) is 0 Å². The number of nitrogens with one attached hydrogen (secondary N) is 2. The fourth-order valence-electron chi connectivity index (χ4n) is 3.77. The van der Waals surface area contributed by atoms with Gasteiger partial charge in [0.25, 0.3) is 11.8 Å². The van der Waals surface area contributed by atoms with Crippen LogP contribution in [0.5, 0.6) is 0 Å². The number of quaternary nitrogens is 1. The molecular formula is C23H30ClN4O2+. The highest BCUT2D eigenvalue weighted by Crippen LogP contribution is 2.20. The molecule has 2 aromatic rings. The maximum atomic E-state index is 12.8. The molecule has 0 spiro atoms. The van der Waals surface area contributed by atoms with Crippen molar-refractivity contribution in [1.29, 1.82) is 0 Å². The molecule has 3 rings (SSSR count). The van der Waals surface area contributed by atoms with Gasteiger partial charge in [0.15, 0.2) is 6.54 Å². The molecule has 0 atom stereocenters. The first-order chi connectivity index (χ1) is 14.5. The van der Waals surface area contributed by atoms with Crippen LogP contribution < -0.4 is 15.1 Å². The molecule has 6 nitrogen and oxygen atoms in total. The second-order valence-electron chi connectivity index (χ2n) is 7.47. The van der Waals surface area contributed by atoms with Crippen molar-refractivity contribution in [3.05, 3.63) is 59.1 Å². The van der Waals surface area contributed by atoms with Crippen LogP contribution in [0.25, 0.3) is 0 Å². The van der Waals surface area contributed by atoms with E-state index in [4.69, 9.17) is 11.6 Å². The first kappa shape index (κ1) is 22.1. The summed E-state index contributed by atoms with van der Waals surface area (Å²) >= 11 is 6.10. The van der Waals surface area contributed by atoms with Crippen molar-refractivity contribution < 1.29 is 14.5 Å². The van der Waals surface area contributed by atoms with E-state index in [1.807, 2.05) is 41.3 Å². The van der Waals surface area contributed by atoms with Gasteiger partial charge in [0.2, 0.25) is 0 Å². The van der Waals surface area contributed by atoms with E-state index in [2.05, 4.69) is 24.1 Å². The predicted octanol–water partition coefficient (Wildman–Crippen LogP) is 2.17. The molecule has 2 aromatic carbocycles. The van der Waals surface area contributed by atoms with Gasteiger partial charge in [0, 0.05) is 24.3 Å². The predicted molar refractivity (Wildman–Crippen MR) is 122 cm³/mol. The fraction of sp³-hybridized carbons (Fsp3) is 0.391. The number of rotatable bonds is 7. The molecule has 1 heterocycles. The average molecular weight is 430 g/mol. The number of nitrogens with zero attached hydrogens (tertiary/aromatic N) is 2. The molecule has 0 radical (unpaired) electrons. The van der Waals surface area contributed by atoms with Crippen molar-refractivity contribution in [2.75, 3.05) is 56.0 Å². The molecule has 2 amide bonds. The van der Waals surface area contributed by atoms with Crippen molar-refractivity contribution in [3.8, 4) is 0 Å². The molecule has 7 heteroatoms. The third kappa shape index (κ3) is 5.52. The number of piperazine rings is 1. The number of para-hydroxylation sites is 1. The number of hydrogen-bond donors (Lipinski definition) is 2. The van der Waals surface area contributed by atoms with Gasteiger partial charge in [-0.15, -0.1) is 0 Å². The van der Waals surface area contributed by atoms with Crippen LogP contribution in [0.2, 0.25) is 5.02 Å². The summed E-state index contributed by atoms with van der Waals surface area (Å²) in [6.07, 6.45) is 0. The Morgan fingerprint density at radius 1 is 1.03 bits per heavy atom. The minimum absolute atomic E-state index is 0.0562. The lowest BCUT2D eigenvalue weighted by Crippen LogP contribution is -3.15. The number of benzene rings is 2. The quantitative estimate of drug-likeness (QED) is 0.709. The van der Waals surface area contributed by atoms with Crippen molar-refractivity contribution in [2.45, 2.75) is 13.8 Å². The lowest BCUT2D eigenvalue weighted by atomic mass is 10.1. The third-order valence-electron chi connectivity index (χ3n) is 5.56. The number of carbonyl (C=O) groups is 2. The van der Waals surface area contributed by atoms with Crippen molar-refractivity contribution in [3.63, 3.8) is 0 Å². The van der Waals surface area contributed by atoms with Crippen LogP contribution in [-0.2, 0) is 4.79 Å². The molecule has 0 aliphatic carbocycles. The number of anilines is 2. The standard InChI is InChI=1S/C23H29ClN4O2/c1-3-27(4-2)19-11-9-18(10-12-19)23(30)28-15-13-26(14-16-28)17-22(29)25-21-8-6-5-7-20(21)24/h5-12H,3-4,13-17H2,1-2H3,(H,25,29)/p+1. The van der Waals surface area contributed by atoms with Gasteiger partial charge in [-0.3, -0.25) is 9.59 Å². The SMILES string of the molecule is CCN(CC)c1ccc(C(=O)N2CC[NH+](CC(=O)Nc3ccccc3Cl)CC2)cc1. The largest absolute Gasteiger partial charge is 0.372 e. The third-order valence-corrected chi connectivity index (χ3v) is 5.89. The lowest BCUT2D eigenvalue weighted by Gasteiger charge is -2.32. The molecule has 160 valence electrons. The van der Waals surface area contributed by atoms with E-state index in [1.165, 1.54) is 4.90 Å². The molecular weight excluding hydrogens is 400 g/mol. The summed E-state index contributed by atoms with van der Waals surface area (Å²) in [6, 6.07) is 15.1. The van der Waals surface area contributed by atoms with E-state index in [1.54, 1.807) is 12.1 Å². The molecule has 0 aromatic heterocycles. The summed E-state index contributed by atoms with van der Waals surface area (Å²) in [5.74, 6) is -0.00877. The summed E-state index contributed by atoms with van der Waals surface area (Å²) in [4.78, 5) is 30.5. The highest BCUT2D eigenvalue weighted by atomic mass is 35.5. The van der Waals surface area contributed by atoms with Gasteiger partial charge in [-0.1, -0.05) is 23.7 Å². The van der Waals surface area contributed by atoms with Crippen LogP contribution in [-0.4, -0.2) is 62.5 Å². The fourth-order valence-corrected chi connectivity index (χ4v) is 3.96. The van der Waals surface area contributed by atoms with Crippen LogP contribution in [0, 0.1) is 0 Å². The Bertz CT molecular complexity index is 860. The number of amides is 2. The van der Waals surface area contributed by atoms with Gasteiger partial charge < -0.3 is 20.0 Å². The minimum atomic E-state index is -0.0649. The van der Waals surface area contributed by atoms with Crippen molar-refractivity contribution in [2.24, 2.45) is 0 Å². The second kappa shape index (κ2) is 10.5. The molecule has 0 saturated carbocycles. The van der Waals surface area contributed by atoms with E-state index in [-0.39, 0.29) is 11.8 Å². The molecule has 0 unspecified atom stereocenters. The molecule has 2 N–H and O–H groups in total. The van der Waals surface area contributed by atoms with Gasteiger partial charge in [0.1, 0.15) is 0 Å². The summed E-state index contributed by atoms with van der Waals surface area (Å²) in [7, 11) is 0. The highest BCUT2D eigenvalue weighted by Gasteiger charge is 2.26. The molecule has 1 aliphatic heterocycles. The van der Waals surface area contributed by atoms with Crippen molar-refractivity contribution in [1.82, 2.24) is 4.90 Å². The van der Waals surface area contributed by atoms with E-state index < -0.39 is 0 Å². The zero-order valence-corrected chi connectivity index (χ0v) is 18.4. The van der Waals surface area contributed by atoms with Gasteiger partial charge in [-0.25, -0.2) is 0 Å². The maximum Gasteiger partial charge on any atom is 0.279 e. The van der Waals surface area contributed by atoms with Crippen LogP contribution >= 0.6 is 11.6 Å². The van der Waals surface area contributed by atoms with Gasteiger partial charge in [0.05, 0.1) is 36.9 Å². The van der Waals surface area contributed by atoms with E-state index in [9.17, 15) is 9.59 Å². The zero-order chi connectivity index (χ0) is 21.5. The van der Waals surface area contributed by atoms with E-state index >= 15 is 0 Å². The van der Waals surface area contributed by atoms with Crippen LogP contribution in [0.4, 0.5) is 11.4 Å². The topological polar surface area (TPSA) is 57.1 Å². The zero-order valence-electron chi connectivity index (χ0n) is 17.7. The maximum absolute atomic E-state index is 12.8. The van der Waals surface area contributed by atoms with Gasteiger partial charge in [-0.05, 0) is 50.2 Å². The summed E-state index contributed by atoms with van der Waals surface area (Å²) in [5.41, 5.74) is 2.48. The molecule has 30 heavy (non-hydrogen) atoms. The van der Waals surface area contributed by atoms with Crippen LogP contribution in [0.1, 0.15) is 24.2 Å². The van der Waals surface area contributed by atoms with Crippen molar-refractivity contribution >= 4 is 34.8 Å². The Balaban J connectivity index is 1.49. The Morgan fingerprint density at radius 2 is 1.67 bits per heavy atom. The normalized spacial score (nSPS) is 14.4. The minimum Gasteiger partial charge on any atom is -0.372 e. The number of carbonyl (C=O) groups excluding carboxylic acids is 2. The molecule has 1 saturated heterocycles. The number of hydrogen-bond acceptors (Lipinski definition) is 3. The lowest BCUT2D eigenvalue weighted by molar-refractivity contribution is -0.895. The average Bonchev–Trinajstić information content (AvgIpc) is 2.77. The Kier molecular flexibility index (Phi) is 7.71. The van der Waals surface area contributed by atoms with Crippen LogP contribution in [0.3, 0.4) is 0 Å². The summed E-state index contributed by atoms with van der Waals surface area (Å²) in [6.45, 7) is 9.29. The number of halogens is 1. The molecule has 1 aliphatic rings. The van der Waals surface area contributed by atoms with E-state index in [0.717, 1.165) is 31.9 Å². The summed E-state index contributed by atoms with van der Waals surface area (Å²) in [5, 5.41) is 3.40. The summed E-state index contributed by atoms with van der Waals surface area (Å²) < 4.78 is 0.